The van der Waals surface area contributed by atoms with Crippen LogP contribution >= 0.6 is 23.2 Å². The maximum atomic E-state index is 12.9. The fraction of sp³-hybridized carbons (Fsp3) is 0.217. The molecular weight excluding hydrogens is 437 g/mol. The molecule has 1 aliphatic heterocycles. The number of rotatable bonds is 4. The van der Waals surface area contributed by atoms with Crippen molar-refractivity contribution in [3.8, 4) is 0 Å². The van der Waals surface area contributed by atoms with E-state index in [0.717, 1.165) is 10.6 Å². The first-order valence-electron chi connectivity index (χ1n) is 9.72. The molecule has 6 nitrogen and oxygen atoms in total. The third-order valence-electron chi connectivity index (χ3n) is 4.91. The number of anilines is 1. The highest BCUT2D eigenvalue weighted by molar-refractivity contribution is 6.30. The van der Waals surface area contributed by atoms with E-state index < -0.39 is 11.9 Å². The van der Waals surface area contributed by atoms with Crippen LogP contribution in [0.3, 0.4) is 0 Å². The van der Waals surface area contributed by atoms with Crippen molar-refractivity contribution in [3.63, 3.8) is 0 Å². The van der Waals surface area contributed by atoms with Crippen LogP contribution in [0, 0.1) is 5.92 Å². The van der Waals surface area contributed by atoms with Crippen LogP contribution in [0.2, 0.25) is 10.0 Å². The fourth-order valence-corrected chi connectivity index (χ4v) is 3.75. The third kappa shape index (κ3) is 6.26. The number of aliphatic carboxylic acids is 1. The van der Waals surface area contributed by atoms with Crippen molar-refractivity contribution in [1.82, 2.24) is 9.97 Å². The van der Waals surface area contributed by atoms with Gasteiger partial charge in [-0.05, 0) is 48.7 Å². The second-order valence-corrected chi connectivity index (χ2v) is 7.88. The zero-order valence-electron chi connectivity index (χ0n) is 16.6. The highest BCUT2D eigenvalue weighted by Crippen LogP contribution is 2.38. The van der Waals surface area contributed by atoms with E-state index in [-0.39, 0.29) is 18.4 Å². The van der Waals surface area contributed by atoms with Gasteiger partial charge < -0.3 is 5.11 Å². The van der Waals surface area contributed by atoms with Gasteiger partial charge in [0.15, 0.2) is 0 Å². The summed E-state index contributed by atoms with van der Waals surface area (Å²) in [6, 6.07) is 18.2. The molecule has 1 unspecified atom stereocenters. The molecule has 160 valence electrons. The summed E-state index contributed by atoms with van der Waals surface area (Å²) in [4.78, 5) is 33.6. The van der Waals surface area contributed by atoms with Crippen molar-refractivity contribution < 1.29 is 14.7 Å². The normalized spacial score (nSPS) is 18.1. The molecule has 2 atom stereocenters. The predicted molar refractivity (Wildman–Crippen MR) is 120 cm³/mol. The summed E-state index contributed by atoms with van der Waals surface area (Å²) in [6.07, 6.45) is 3.96. The zero-order valence-corrected chi connectivity index (χ0v) is 18.1. The minimum atomic E-state index is -0.971. The van der Waals surface area contributed by atoms with E-state index in [9.17, 15) is 9.59 Å². The van der Waals surface area contributed by atoms with Gasteiger partial charge in [-0.3, -0.25) is 14.5 Å². The van der Waals surface area contributed by atoms with Crippen molar-refractivity contribution in [2.75, 3.05) is 4.90 Å². The summed E-state index contributed by atoms with van der Waals surface area (Å²) in [5, 5.41) is 10.5. The number of carbonyl (C=O) groups excluding carboxylic acids is 1. The van der Waals surface area contributed by atoms with Gasteiger partial charge in [0.05, 0.1) is 12.5 Å². The molecule has 1 saturated heterocycles. The van der Waals surface area contributed by atoms with Crippen molar-refractivity contribution in [1.29, 1.82) is 0 Å². The van der Waals surface area contributed by atoms with Gasteiger partial charge in [0.2, 0.25) is 5.91 Å². The summed E-state index contributed by atoms with van der Waals surface area (Å²) in [5.41, 5.74) is 0.945. The molecule has 1 amide bonds. The van der Waals surface area contributed by atoms with Crippen LogP contribution < -0.4 is 4.90 Å². The quantitative estimate of drug-likeness (QED) is 0.564. The van der Waals surface area contributed by atoms with Crippen LogP contribution in [0.1, 0.15) is 30.9 Å². The van der Waals surface area contributed by atoms with E-state index >= 15 is 0 Å². The molecule has 0 radical (unpaired) electrons. The molecule has 1 N–H and O–H groups in total. The van der Waals surface area contributed by atoms with E-state index in [1.165, 1.54) is 6.33 Å². The standard InChI is InChI=1S/C17H16ClN3O3.C6H5Cl/c18-13-4-1-11(2-5-13)14-6-3-12(9-16(22)23)17(24)21(14)15-7-8-19-10-20-15;7-6-4-2-1-3-5-6/h1-2,4-5,7-8,10,12,14H,3,6,9H2,(H,22,23);1-5H/t12?,14-;/m0./s1. The van der Waals surface area contributed by atoms with Crippen LogP contribution in [-0.2, 0) is 9.59 Å². The maximum absolute atomic E-state index is 12.9. The smallest absolute Gasteiger partial charge is 0.304 e. The largest absolute Gasteiger partial charge is 0.481 e. The topological polar surface area (TPSA) is 83.4 Å². The van der Waals surface area contributed by atoms with Crippen LogP contribution in [0.25, 0.3) is 0 Å². The lowest BCUT2D eigenvalue weighted by molar-refractivity contribution is -0.141. The monoisotopic (exact) mass is 457 g/mol. The van der Waals surface area contributed by atoms with Gasteiger partial charge in [-0.2, -0.15) is 0 Å². The van der Waals surface area contributed by atoms with Gasteiger partial charge in [0, 0.05) is 22.2 Å². The average Bonchev–Trinajstić information content (AvgIpc) is 2.77. The van der Waals surface area contributed by atoms with Crippen LogP contribution in [0.5, 0.6) is 0 Å². The highest BCUT2D eigenvalue weighted by atomic mass is 35.5. The third-order valence-corrected chi connectivity index (χ3v) is 5.41. The Balaban J connectivity index is 0.000000330. The first kappa shape index (κ1) is 22.7. The van der Waals surface area contributed by atoms with Gasteiger partial charge in [-0.1, -0.05) is 53.5 Å². The number of carbonyl (C=O) groups is 2. The number of hydrogen-bond acceptors (Lipinski definition) is 4. The molecular formula is C23H21Cl2N3O3. The Morgan fingerprint density at radius 3 is 2.23 bits per heavy atom. The first-order valence-corrected chi connectivity index (χ1v) is 10.5. The van der Waals surface area contributed by atoms with E-state index in [0.29, 0.717) is 23.7 Å². The summed E-state index contributed by atoms with van der Waals surface area (Å²) >= 11 is 11.5. The number of amides is 1. The van der Waals surface area contributed by atoms with Gasteiger partial charge in [0.1, 0.15) is 12.1 Å². The molecule has 8 heteroatoms. The predicted octanol–water partition coefficient (Wildman–Crippen LogP) is 5.43. The van der Waals surface area contributed by atoms with Crippen LogP contribution in [-0.4, -0.2) is 27.0 Å². The minimum absolute atomic E-state index is 0.173. The summed E-state index contributed by atoms with van der Waals surface area (Å²) in [5.74, 6) is -1.26. The number of piperidine rings is 1. The number of hydrogen-bond donors (Lipinski definition) is 1. The lowest BCUT2D eigenvalue weighted by Gasteiger charge is -2.38. The van der Waals surface area contributed by atoms with Gasteiger partial charge >= 0.3 is 5.97 Å². The molecule has 0 spiro atoms. The molecule has 1 aromatic heterocycles. The van der Waals surface area contributed by atoms with Crippen LogP contribution in [0.15, 0.2) is 73.2 Å². The molecule has 3 aromatic rings. The van der Waals surface area contributed by atoms with Crippen molar-refractivity contribution >= 4 is 40.9 Å². The molecule has 4 rings (SSSR count). The van der Waals surface area contributed by atoms with Gasteiger partial charge in [-0.25, -0.2) is 9.97 Å². The second-order valence-electron chi connectivity index (χ2n) is 7.01. The highest BCUT2D eigenvalue weighted by Gasteiger charge is 2.38. The van der Waals surface area contributed by atoms with E-state index in [1.54, 1.807) is 29.3 Å². The Morgan fingerprint density at radius 2 is 1.68 bits per heavy atom. The number of aromatic nitrogens is 2. The Labute approximate surface area is 190 Å². The Kier molecular flexibility index (Phi) is 7.98. The van der Waals surface area contributed by atoms with Crippen molar-refractivity contribution in [2.45, 2.75) is 25.3 Å². The van der Waals surface area contributed by atoms with Crippen molar-refractivity contribution in [2.24, 2.45) is 5.92 Å². The number of carboxylic acids is 1. The minimum Gasteiger partial charge on any atom is -0.481 e. The lowest BCUT2D eigenvalue weighted by atomic mass is 9.86. The Hall–Kier alpha value is -2.96. The van der Waals surface area contributed by atoms with Crippen LogP contribution in [0.4, 0.5) is 5.82 Å². The maximum Gasteiger partial charge on any atom is 0.304 e. The van der Waals surface area contributed by atoms with E-state index in [1.807, 2.05) is 42.5 Å². The van der Waals surface area contributed by atoms with Gasteiger partial charge in [0.25, 0.3) is 0 Å². The molecule has 0 bridgehead atoms. The number of benzene rings is 2. The average molecular weight is 458 g/mol. The number of nitrogens with zero attached hydrogens (tertiary/aromatic N) is 3. The molecule has 0 saturated carbocycles. The molecule has 1 aliphatic rings. The fourth-order valence-electron chi connectivity index (χ4n) is 3.48. The molecule has 31 heavy (non-hydrogen) atoms. The molecule has 2 aromatic carbocycles. The zero-order chi connectivity index (χ0) is 22.2. The summed E-state index contributed by atoms with van der Waals surface area (Å²) < 4.78 is 0. The molecule has 2 heterocycles. The number of carboxylic acid groups (broad SMARTS) is 1. The SMILES string of the molecule is Clc1ccccc1.O=C(O)CC1CC[C@@H](c2ccc(Cl)cc2)N(c2ccncn2)C1=O. The summed E-state index contributed by atoms with van der Waals surface area (Å²) in [6.45, 7) is 0. The lowest BCUT2D eigenvalue weighted by Crippen LogP contribution is -2.44. The Bertz CT molecular complexity index is 1000. The van der Waals surface area contributed by atoms with E-state index in [2.05, 4.69) is 9.97 Å². The Morgan fingerprint density at radius 1 is 1.00 bits per heavy atom. The van der Waals surface area contributed by atoms with Crippen molar-refractivity contribution in [3.05, 3.63) is 88.8 Å². The molecule has 0 aliphatic carbocycles. The second kappa shape index (κ2) is 10.9. The molecule has 1 fully saturated rings. The van der Waals surface area contributed by atoms with Gasteiger partial charge in [-0.15, -0.1) is 0 Å². The first-order chi connectivity index (χ1) is 15.0. The van der Waals surface area contributed by atoms with E-state index in [4.69, 9.17) is 28.3 Å². The summed E-state index contributed by atoms with van der Waals surface area (Å²) in [7, 11) is 0. The number of halogens is 2.